The van der Waals surface area contributed by atoms with Crippen LogP contribution in [0.3, 0.4) is 0 Å². The van der Waals surface area contributed by atoms with E-state index in [1.807, 2.05) is 42.7 Å². The van der Waals surface area contributed by atoms with Gasteiger partial charge in [-0.1, -0.05) is 35.9 Å². The van der Waals surface area contributed by atoms with Crippen molar-refractivity contribution in [2.75, 3.05) is 18.6 Å². The van der Waals surface area contributed by atoms with E-state index in [1.165, 1.54) is 0 Å². The third kappa shape index (κ3) is 4.71. The number of nitrogens with one attached hydrogen (secondary N) is 2. The molecular formula is C19H20ClN3O2S. The van der Waals surface area contributed by atoms with Gasteiger partial charge in [-0.25, -0.2) is 4.98 Å². The Bertz CT molecular complexity index is 851. The molecule has 1 aromatic heterocycles. The molecule has 3 aromatic rings. The number of carbonyl (C=O) groups excluding carboxylic acids is 1. The zero-order valence-corrected chi connectivity index (χ0v) is 15.9. The van der Waals surface area contributed by atoms with Crippen LogP contribution in [0.5, 0.6) is 5.75 Å². The van der Waals surface area contributed by atoms with Gasteiger partial charge in [0.15, 0.2) is 6.61 Å². The third-order valence-corrected chi connectivity index (χ3v) is 4.84. The molecule has 0 aliphatic heterocycles. The Morgan fingerprint density at radius 3 is 2.81 bits per heavy atom. The highest BCUT2D eigenvalue weighted by Gasteiger charge is 2.18. The number of imidazole rings is 1. The van der Waals surface area contributed by atoms with Gasteiger partial charge >= 0.3 is 0 Å². The van der Waals surface area contributed by atoms with Gasteiger partial charge in [0.2, 0.25) is 0 Å². The Labute approximate surface area is 161 Å². The monoisotopic (exact) mass is 389 g/mol. The molecule has 2 aromatic carbocycles. The average molecular weight is 390 g/mol. The molecule has 0 fully saturated rings. The smallest absolute Gasteiger partial charge is 0.258 e. The highest BCUT2D eigenvalue weighted by atomic mass is 35.5. The minimum Gasteiger partial charge on any atom is -0.482 e. The maximum absolute atomic E-state index is 12.4. The normalized spacial score (nSPS) is 12.1. The number of hydrogen-bond donors (Lipinski definition) is 2. The molecule has 1 heterocycles. The number of halogens is 1. The number of fused-ring (bicyclic) bond motifs is 1. The molecule has 0 aliphatic carbocycles. The summed E-state index contributed by atoms with van der Waals surface area (Å²) in [6.45, 7) is -0.0975. The Hall–Kier alpha value is -2.18. The molecule has 1 atom stereocenters. The molecular weight excluding hydrogens is 370 g/mol. The number of para-hydroxylation sites is 3. The number of rotatable bonds is 8. The lowest BCUT2D eigenvalue weighted by Gasteiger charge is -2.16. The molecule has 0 radical (unpaired) electrons. The number of aromatic nitrogens is 2. The molecule has 0 aliphatic rings. The number of nitrogens with zero attached hydrogens (tertiary/aromatic N) is 1. The first-order valence-corrected chi connectivity index (χ1v) is 10.0. The number of H-pyrrole nitrogens is 1. The predicted molar refractivity (Wildman–Crippen MR) is 107 cm³/mol. The van der Waals surface area contributed by atoms with Crippen molar-refractivity contribution in [3.63, 3.8) is 0 Å². The van der Waals surface area contributed by atoms with E-state index < -0.39 is 0 Å². The van der Waals surface area contributed by atoms with Gasteiger partial charge in [-0.05, 0) is 42.7 Å². The molecule has 26 heavy (non-hydrogen) atoms. The Morgan fingerprint density at radius 2 is 2.04 bits per heavy atom. The third-order valence-electron chi connectivity index (χ3n) is 3.88. The molecule has 1 amide bonds. The maximum atomic E-state index is 12.4. The highest BCUT2D eigenvalue weighted by Crippen LogP contribution is 2.23. The molecule has 2 N–H and O–H groups in total. The van der Waals surface area contributed by atoms with Crippen LogP contribution in [0.25, 0.3) is 11.0 Å². The summed E-state index contributed by atoms with van der Waals surface area (Å²) in [7, 11) is 0. The van der Waals surface area contributed by atoms with E-state index in [9.17, 15) is 4.79 Å². The number of amides is 1. The molecule has 0 unspecified atom stereocenters. The molecule has 0 saturated carbocycles. The van der Waals surface area contributed by atoms with E-state index >= 15 is 0 Å². The first-order valence-electron chi connectivity index (χ1n) is 8.27. The van der Waals surface area contributed by atoms with Crippen molar-refractivity contribution in [2.45, 2.75) is 12.5 Å². The van der Waals surface area contributed by atoms with E-state index in [4.69, 9.17) is 16.3 Å². The van der Waals surface area contributed by atoms with E-state index in [0.717, 1.165) is 29.0 Å². The van der Waals surface area contributed by atoms with Gasteiger partial charge < -0.3 is 15.0 Å². The van der Waals surface area contributed by atoms with Gasteiger partial charge in [-0.3, -0.25) is 4.79 Å². The number of carbonyl (C=O) groups is 1. The molecule has 0 bridgehead atoms. The largest absolute Gasteiger partial charge is 0.482 e. The molecule has 0 spiro atoms. The second-order valence-electron chi connectivity index (χ2n) is 5.76. The zero-order chi connectivity index (χ0) is 18.4. The summed E-state index contributed by atoms with van der Waals surface area (Å²) in [5.74, 6) is 1.95. The van der Waals surface area contributed by atoms with Crippen molar-refractivity contribution >= 4 is 40.3 Å². The van der Waals surface area contributed by atoms with Crippen LogP contribution in [-0.4, -0.2) is 34.5 Å². The van der Waals surface area contributed by atoms with Crippen LogP contribution < -0.4 is 10.1 Å². The fourth-order valence-electron chi connectivity index (χ4n) is 2.59. The first-order chi connectivity index (χ1) is 12.7. The number of benzene rings is 2. The second-order valence-corrected chi connectivity index (χ2v) is 7.15. The number of thioether (sulfide) groups is 1. The lowest BCUT2D eigenvalue weighted by atomic mass is 10.2. The van der Waals surface area contributed by atoms with Crippen LogP contribution in [0.4, 0.5) is 0 Å². The predicted octanol–water partition coefficient (Wildman–Crippen LogP) is 4.21. The van der Waals surface area contributed by atoms with Crippen LogP contribution in [0.2, 0.25) is 5.02 Å². The van der Waals surface area contributed by atoms with Gasteiger partial charge in [0.05, 0.1) is 22.1 Å². The molecule has 5 nitrogen and oxygen atoms in total. The van der Waals surface area contributed by atoms with Gasteiger partial charge in [-0.15, -0.1) is 0 Å². The maximum Gasteiger partial charge on any atom is 0.258 e. The van der Waals surface area contributed by atoms with Crippen LogP contribution >= 0.6 is 23.4 Å². The molecule has 0 saturated heterocycles. The van der Waals surface area contributed by atoms with Crippen LogP contribution in [0.15, 0.2) is 48.5 Å². The lowest BCUT2D eigenvalue weighted by Crippen LogP contribution is -2.33. The Kier molecular flexibility index (Phi) is 6.41. The standard InChI is InChI=1S/C19H20ClN3O2S/c1-26-11-10-16(19-22-14-7-3-4-8-15(14)23-19)21-18(24)12-25-17-9-5-2-6-13(17)20/h2-9,16H,10-12H2,1H3,(H,21,24)(H,22,23)/t16-/m1/s1. The second kappa shape index (κ2) is 8.96. The van der Waals surface area contributed by atoms with E-state index in [1.54, 1.807) is 23.9 Å². The molecule has 7 heteroatoms. The highest BCUT2D eigenvalue weighted by molar-refractivity contribution is 7.98. The fourth-order valence-corrected chi connectivity index (χ4v) is 3.25. The Morgan fingerprint density at radius 1 is 1.27 bits per heavy atom. The summed E-state index contributed by atoms with van der Waals surface area (Å²) in [5, 5.41) is 3.49. The zero-order valence-electron chi connectivity index (χ0n) is 14.4. The van der Waals surface area contributed by atoms with Crippen molar-refractivity contribution in [1.29, 1.82) is 0 Å². The average Bonchev–Trinajstić information content (AvgIpc) is 3.08. The van der Waals surface area contributed by atoms with E-state index in [2.05, 4.69) is 15.3 Å². The van der Waals surface area contributed by atoms with Crippen molar-refractivity contribution in [3.8, 4) is 5.75 Å². The summed E-state index contributed by atoms with van der Waals surface area (Å²) >= 11 is 7.78. The summed E-state index contributed by atoms with van der Waals surface area (Å²) in [5.41, 5.74) is 1.84. The fraction of sp³-hybridized carbons (Fsp3) is 0.263. The van der Waals surface area contributed by atoms with Gasteiger partial charge in [-0.2, -0.15) is 11.8 Å². The number of hydrogen-bond acceptors (Lipinski definition) is 4. The van der Waals surface area contributed by atoms with Gasteiger partial charge in [0, 0.05) is 0 Å². The van der Waals surface area contributed by atoms with E-state index in [0.29, 0.717) is 10.8 Å². The first kappa shape index (κ1) is 18.6. The van der Waals surface area contributed by atoms with Crippen molar-refractivity contribution in [1.82, 2.24) is 15.3 Å². The van der Waals surface area contributed by atoms with Crippen LogP contribution in [0, 0.1) is 0 Å². The SMILES string of the molecule is CSCC[C@@H](NC(=O)COc1ccccc1Cl)c1nc2ccccc2[nH]1. The van der Waals surface area contributed by atoms with Crippen molar-refractivity contribution < 1.29 is 9.53 Å². The van der Waals surface area contributed by atoms with E-state index in [-0.39, 0.29) is 18.6 Å². The van der Waals surface area contributed by atoms with Gasteiger partial charge in [0.25, 0.3) is 5.91 Å². The quantitative estimate of drug-likeness (QED) is 0.605. The lowest BCUT2D eigenvalue weighted by molar-refractivity contribution is -0.123. The summed E-state index contributed by atoms with van der Waals surface area (Å²) in [6, 6.07) is 14.7. The summed E-state index contributed by atoms with van der Waals surface area (Å²) in [4.78, 5) is 20.3. The summed E-state index contributed by atoms with van der Waals surface area (Å²) in [6.07, 6.45) is 2.82. The van der Waals surface area contributed by atoms with Crippen molar-refractivity contribution in [2.24, 2.45) is 0 Å². The van der Waals surface area contributed by atoms with Gasteiger partial charge in [0.1, 0.15) is 11.6 Å². The molecule has 3 rings (SSSR count). The number of ether oxygens (including phenoxy) is 1. The topological polar surface area (TPSA) is 67.0 Å². The minimum absolute atomic E-state index is 0.0975. The van der Waals surface area contributed by atoms with Crippen LogP contribution in [0.1, 0.15) is 18.3 Å². The minimum atomic E-state index is -0.212. The molecule has 136 valence electrons. The summed E-state index contributed by atoms with van der Waals surface area (Å²) < 4.78 is 5.52. The number of aromatic amines is 1. The Balaban J connectivity index is 1.67. The van der Waals surface area contributed by atoms with Crippen LogP contribution in [-0.2, 0) is 4.79 Å². The van der Waals surface area contributed by atoms with Crippen molar-refractivity contribution in [3.05, 3.63) is 59.4 Å².